The van der Waals surface area contributed by atoms with Gasteiger partial charge in [-0.15, -0.1) is 0 Å². The highest BCUT2D eigenvalue weighted by molar-refractivity contribution is 6.74. The summed E-state index contributed by atoms with van der Waals surface area (Å²) in [5.74, 6) is -0.343. The van der Waals surface area contributed by atoms with Crippen molar-refractivity contribution in [2.75, 3.05) is 6.61 Å². The first-order valence-electron chi connectivity index (χ1n) is 8.82. The standard InChI is InChI=1S/C18H34O3Si/c1-7-11-15-16(14-19-22(5,6)17(2,3)4)21-18(20-15)12-9-8-10-13-18/h7,11,15-16H,8-10,12-14H2,1-6H3/b11-7+/t15-,16-/m0/s1. The van der Waals surface area contributed by atoms with E-state index in [1.165, 1.54) is 19.3 Å². The third-order valence-corrected chi connectivity index (χ3v) is 10.00. The molecule has 0 aromatic rings. The minimum atomic E-state index is -1.75. The van der Waals surface area contributed by atoms with Gasteiger partial charge in [-0.25, -0.2) is 0 Å². The molecule has 1 saturated heterocycles. The summed E-state index contributed by atoms with van der Waals surface area (Å²) < 4.78 is 19.1. The average molecular weight is 327 g/mol. The zero-order valence-electron chi connectivity index (χ0n) is 15.3. The van der Waals surface area contributed by atoms with E-state index in [-0.39, 0.29) is 23.0 Å². The Balaban J connectivity index is 2.02. The van der Waals surface area contributed by atoms with Gasteiger partial charge in [0.25, 0.3) is 0 Å². The smallest absolute Gasteiger partial charge is 0.192 e. The molecule has 0 bridgehead atoms. The van der Waals surface area contributed by atoms with Gasteiger partial charge in [0.1, 0.15) is 12.2 Å². The van der Waals surface area contributed by atoms with Crippen molar-refractivity contribution in [1.29, 1.82) is 0 Å². The first-order valence-corrected chi connectivity index (χ1v) is 11.7. The van der Waals surface area contributed by atoms with Gasteiger partial charge in [-0.2, -0.15) is 0 Å². The van der Waals surface area contributed by atoms with Crippen LogP contribution in [0.1, 0.15) is 59.8 Å². The molecule has 1 saturated carbocycles. The zero-order valence-corrected chi connectivity index (χ0v) is 16.3. The Hall–Kier alpha value is -0.163. The predicted molar refractivity (Wildman–Crippen MR) is 93.5 cm³/mol. The van der Waals surface area contributed by atoms with E-state index in [1.807, 2.05) is 6.92 Å². The first-order chi connectivity index (χ1) is 10.2. The van der Waals surface area contributed by atoms with Crippen LogP contribution < -0.4 is 0 Å². The summed E-state index contributed by atoms with van der Waals surface area (Å²) in [6.45, 7) is 14.1. The molecular weight excluding hydrogens is 292 g/mol. The molecule has 0 N–H and O–H groups in total. The zero-order chi connectivity index (χ0) is 16.4. The maximum atomic E-state index is 6.39. The molecule has 1 spiro atoms. The molecule has 0 unspecified atom stereocenters. The second-order valence-electron chi connectivity index (χ2n) is 8.31. The molecule has 22 heavy (non-hydrogen) atoms. The SMILES string of the molecule is C/C=C/[C@@H]1OC2(CCCCC2)O[C@H]1CO[Si](C)(C)C(C)(C)C. The highest BCUT2D eigenvalue weighted by Crippen LogP contribution is 2.42. The van der Waals surface area contributed by atoms with Gasteiger partial charge in [0.15, 0.2) is 14.1 Å². The van der Waals surface area contributed by atoms with Crippen molar-refractivity contribution < 1.29 is 13.9 Å². The van der Waals surface area contributed by atoms with E-state index in [1.54, 1.807) is 0 Å². The lowest BCUT2D eigenvalue weighted by Gasteiger charge is -2.37. The molecule has 128 valence electrons. The van der Waals surface area contributed by atoms with Crippen molar-refractivity contribution in [3.63, 3.8) is 0 Å². The molecule has 1 aliphatic carbocycles. The minimum Gasteiger partial charge on any atom is -0.414 e. The van der Waals surface area contributed by atoms with Crippen LogP contribution in [0.4, 0.5) is 0 Å². The summed E-state index contributed by atoms with van der Waals surface area (Å²) in [5.41, 5.74) is 0. The van der Waals surface area contributed by atoms with Gasteiger partial charge in [-0.05, 0) is 37.9 Å². The van der Waals surface area contributed by atoms with Crippen LogP contribution in [0.2, 0.25) is 18.1 Å². The second-order valence-corrected chi connectivity index (χ2v) is 13.1. The molecule has 2 fully saturated rings. The number of allylic oxidation sites excluding steroid dienone is 1. The van der Waals surface area contributed by atoms with Crippen LogP contribution in [0.5, 0.6) is 0 Å². The Morgan fingerprint density at radius 1 is 1.14 bits per heavy atom. The predicted octanol–water partition coefficient (Wildman–Crippen LogP) is 5.03. The van der Waals surface area contributed by atoms with Gasteiger partial charge < -0.3 is 13.9 Å². The van der Waals surface area contributed by atoms with Crippen molar-refractivity contribution in [2.45, 2.75) is 95.9 Å². The number of rotatable bonds is 4. The Kier molecular flexibility index (Phi) is 5.58. The van der Waals surface area contributed by atoms with Gasteiger partial charge >= 0.3 is 0 Å². The van der Waals surface area contributed by atoms with Gasteiger partial charge in [-0.1, -0.05) is 39.3 Å². The number of ether oxygens (including phenoxy) is 2. The fraction of sp³-hybridized carbons (Fsp3) is 0.889. The fourth-order valence-electron chi connectivity index (χ4n) is 3.01. The maximum absolute atomic E-state index is 6.39. The number of hydrogen-bond acceptors (Lipinski definition) is 3. The fourth-order valence-corrected chi connectivity index (χ4v) is 4.02. The third kappa shape index (κ3) is 4.02. The van der Waals surface area contributed by atoms with Crippen molar-refractivity contribution in [2.24, 2.45) is 0 Å². The quantitative estimate of drug-likeness (QED) is 0.536. The Bertz CT molecular complexity index is 392. The maximum Gasteiger partial charge on any atom is 0.192 e. The van der Waals surface area contributed by atoms with Crippen molar-refractivity contribution in [3.05, 3.63) is 12.2 Å². The van der Waals surface area contributed by atoms with Crippen molar-refractivity contribution >= 4 is 8.32 Å². The minimum absolute atomic E-state index is 0.0309. The average Bonchev–Trinajstić information content (AvgIpc) is 2.74. The van der Waals surface area contributed by atoms with Crippen LogP contribution >= 0.6 is 0 Å². The Morgan fingerprint density at radius 2 is 1.77 bits per heavy atom. The van der Waals surface area contributed by atoms with E-state index in [0.29, 0.717) is 6.61 Å². The monoisotopic (exact) mass is 326 g/mol. The summed E-state index contributed by atoms with van der Waals surface area (Å²) in [6, 6.07) is 0. The van der Waals surface area contributed by atoms with E-state index in [9.17, 15) is 0 Å². The van der Waals surface area contributed by atoms with E-state index in [2.05, 4.69) is 46.0 Å². The van der Waals surface area contributed by atoms with E-state index < -0.39 is 8.32 Å². The van der Waals surface area contributed by atoms with Crippen LogP contribution in [0.25, 0.3) is 0 Å². The topological polar surface area (TPSA) is 27.7 Å². The highest BCUT2D eigenvalue weighted by Gasteiger charge is 2.48. The molecular formula is C18H34O3Si. The third-order valence-electron chi connectivity index (χ3n) is 5.50. The van der Waals surface area contributed by atoms with Crippen LogP contribution in [0, 0.1) is 0 Å². The molecule has 1 aliphatic heterocycles. The molecule has 0 aromatic carbocycles. The first kappa shape index (κ1) is 18.2. The molecule has 4 heteroatoms. The highest BCUT2D eigenvalue weighted by atomic mass is 28.4. The van der Waals surface area contributed by atoms with Crippen LogP contribution in [0.3, 0.4) is 0 Å². The summed E-state index contributed by atoms with van der Waals surface area (Å²) in [7, 11) is -1.75. The lowest BCUT2D eigenvalue weighted by Crippen LogP contribution is -2.44. The summed E-state index contributed by atoms with van der Waals surface area (Å²) in [5, 5.41) is 0.227. The molecule has 2 rings (SSSR count). The molecule has 2 atom stereocenters. The van der Waals surface area contributed by atoms with Crippen LogP contribution in [-0.4, -0.2) is 32.9 Å². The van der Waals surface area contributed by atoms with Crippen LogP contribution in [-0.2, 0) is 13.9 Å². The lowest BCUT2D eigenvalue weighted by atomic mass is 9.94. The summed E-state index contributed by atoms with van der Waals surface area (Å²) in [4.78, 5) is 0. The second kappa shape index (κ2) is 6.76. The van der Waals surface area contributed by atoms with Gasteiger partial charge in [0.2, 0.25) is 0 Å². The lowest BCUT2D eigenvalue weighted by molar-refractivity contribution is -0.193. The van der Waals surface area contributed by atoms with Crippen LogP contribution in [0.15, 0.2) is 12.2 Å². The largest absolute Gasteiger partial charge is 0.414 e. The van der Waals surface area contributed by atoms with Gasteiger partial charge in [0, 0.05) is 12.8 Å². The van der Waals surface area contributed by atoms with Crippen molar-refractivity contribution in [3.8, 4) is 0 Å². The molecule has 0 aromatic heterocycles. The molecule has 1 heterocycles. The van der Waals surface area contributed by atoms with Crippen molar-refractivity contribution in [1.82, 2.24) is 0 Å². The normalized spacial score (nSPS) is 29.5. The Labute approximate surface area is 137 Å². The van der Waals surface area contributed by atoms with Gasteiger partial charge in [0.05, 0.1) is 6.61 Å². The van der Waals surface area contributed by atoms with E-state index >= 15 is 0 Å². The number of hydrogen-bond donors (Lipinski definition) is 0. The molecule has 0 amide bonds. The van der Waals surface area contributed by atoms with E-state index in [4.69, 9.17) is 13.9 Å². The van der Waals surface area contributed by atoms with E-state index in [0.717, 1.165) is 12.8 Å². The summed E-state index contributed by atoms with van der Waals surface area (Å²) in [6.07, 6.45) is 10.0. The summed E-state index contributed by atoms with van der Waals surface area (Å²) >= 11 is 0. The molecule has 2 aliphatic rings. The molecule has 3 nitrogen and oxygen atoms in total. The Morgan fingerprint density at radius 3 is 2.32 bits per heavy atom. The molecule has 0 radical (unpaired) electrons. The van der Waals surface area contributed by atoms with Gasteiger partial charge in [-0.3, -0.25) is 0 Å².